The zero-order valence-corrected chi connectivity index (χ0v) is 17.7. The maximum absolute atomic E-state index is 6.14. The molecule has 1 saturated heterocycles. The van der Waals surface area contributed by atoms with Gasteiger partial charge in [0.2, 0.25) is 0 Å². The van der Waals surface area contributed by atoms with Crippen LogP contribution in [0.3, 0.4) is 0 Å². The third kappa shape index (κ3) is 5.99. The standard InChI is InChI=1S/C16H22ClN5OS.2ClH/c1-12(18)15-19-20-16(22(15)14-4-2-3-13(17)11-14)24-10-7-21-5-8-23-9-6-21;;/h2-4,11-12H,5-10,18H2,1H3;2*1H. The Hall–Kier alpha value is -0.540. The highest BCUT2D eigenvalue weighted by Crippen LogP contribution is 2.26. The molecule has 2 N–H and O–H groups in total. The van der Waals surface area contributed by atoms with E-state index in [0.29, 0.717) is 5.02 Å². The Balaban J connectivity index is 0.00000169. The minimum Gasteiger partial charge on any atom is -0.379 e. The summed E-state index contributed by atoms with van der Waals surface area (Å²) in [6, 6.07) is 7.47. The number of hydrogen-bond donors (Lipinski definition) is 1. The van der Waals surface area contributed by atoms with Gasteiger partial charge in [0.15, 0.2) is 11.0 Å². The molecule has 1 aromatic heterocycles. The number of nitrogens with zero attached hydrogens (tertiary/aromatic N) is 4. The second-order valence-corrected chi connectivity index (χ2v) is 7.25. The summed E-state index contributed by atoms with van der Waals surface area (Å²) < 4.78 is 7.38. The Kier molecular flexibility index (Phi) is 10.2. The number of halogens is 3. The third-order valence-electron chi connectivity index (χ3n) is 3.87. The van der Waals surface area contributed by atoms with Crippen molar-refractivity contribution in [3.05, 3.63) is 35.1 Å². The van der Waals surface area contributed by atoms with Crippen molar-refractivity contribution in [2.45, 2.75) is 18.1 Å². The number of aromatic nitrogens is 3. The van der Waals surface area contributed by atoms with Crippen molar-refractivity contribution in [1.82, 2.24) is 19.7 Å². The number of nitrogens with two attached hydrogens (primary N) is 1. The molecule has 26 heavy (non-hydrogen) atoms. The second kappa shape index (κ2) is 11.3. The zero-order chi connectivity index (χ0) is 16.9. The summed E-state index contributed by atoms with van der Waals surface area (Å²) in [4.78, 5) is 2.41. The van der Waals surface area contributed by atoms with Crippen LogP contribution in [-0.2, 0) is 4.74 Å². The highest BCUT2D eigenvalue weighted by atomic mass is 35.5. The number of morpholine rings is 1. The van der Waals surface area contributed by atoms with E-state index < -0.39 is 0 Å². The smallest absolute Gasteiger partial charge is 0.195 e. The lowest BCUT2D eigenvalue weighted by Gasteiger charge is -2.26. The molecule has 1 aliphatic rings. The van der Waals surface area contributed by atoms with Crippen LogP contribution in [-0.4, -0.2) is 58.3 Å². The zero-order valence-electron chi connectivity index (χ0n) is 14.5. The molecule has 0 bridgehead atoms. The van der Waals surface area contributed by atoms with Crippen molar-refractivity contribution in [3.8, 4) is 5.69 Å². The highest BCUT2D eigenvalue weighted by Gasteiger charge is 2.18. The van der Waals surface area contributed by atoms with Crippen LogP contribution in [0, 0.1) is 0 Å². The fourth-order valence-electron chi connectivity index (χ4n) is 2.62. The molecule has 146 valence electrons. The predicted molar refractivity (Wildman–Crippen MR) is 111 cm³/mol. The van der Waals surface area contributed by atoms with Crippen LogP contribution < -0.4 is 5.73 Å². The van der Waals surface area contributed by atoms with Crippen LogP contribution in [0.15, 0.2) is 29.4 Å². The predicted octanol–water partition coefficient (Wildman–Crippen LogP) is 3.21. The fraction of sp³-hybridized carbons (Fsp3) is 0.500. The maximum Gasteiger partial charge on any atom is 0.195 e. The summed E-state index contributed by atoms with van der Waals surface area (Å²) in [5, 5.41) is 10.1. The minimum atomic E-state index is -0.204. The van der Waals surface area contributed by atoms with Gasteiger partial charge in [0, 0.05) is 30.4 Å². The number of ether oxygens (including phenoxy) is 1. The summed E-state index contributed by atoms with van der Waals surface area (Å²) in [6.45, 7) is 6.53. The Morgan fingerprint density at radius 3 is 2.65 bits per heavy atom. The van der Waals surface area contributed by atoms with Gasteiger partial charge in [-0.2, -0.15) is 0 Å². The Morgan fingerprint density at radius 2 is 2.00 bits per heavy atom. The SMILES string of the molecule is CC(N)c1nnc(SCCN2CCOCC2)n1-c1cccc(Cl)c1.Cl.Cl. The molecule has 6 nitrogen and oxygen atoms in total. The van der Waals surface area contributed by atoms with Crippen molar-refractivity contribution in [2.24, 2.45) is 5.73 Å². The van der Waals surface area contributed by atoms with E-state index >= 15 is 0 Å². The summed E-state index contributed by atoms with van der Waals surface area (Å²) in [6.07, 6.45) is 0. The minimum absolute atomic E-state index is 0. The molecule has 0 spiro atoms. The number of hydrogen-bond acceptors (Lipinski definition) is 6. The lowest BCUT2D eigenvalue weighted by Crippen LogP contribution is -2.37. The van der Waals surface area contributed by atoms with E-state index in [9.17, 15) is 0 Å². The molecule has 1 aliphatic heterocycles. The van der Waals surface area contributed by atoms with Crippen LogP contribution in [0.2, 0.25) is 5.02 Å². The van der Waals surface area contributed by atoms with Crippen molar-refractivity contribution >= 4 is 48.2 Å². The average molecular weight is 441 g/mol. The van der Waals surface area contributed by atoms with Crippen LogP contribution in [0.5, 0.6) is 0 Å². The molecule has 1 unspecified atom stereocenters. The molecule has 10 heteroatoms. The van der Waals surface area contributed by atoms with Gasteiger partial charge in [0.25, 0.3) is 0 Å². The summed E-state index contributed by atoms with van der Waals surface area (Å²) in [5.41, 5.74) is 7.00. The van der Waals surface area contributed by atoms with E-state index in [0.717, 1.165) is 55.3 Å². The van der Waals surface area contributed by atoms with E-state index in [1.807, 2.05) is 35.8 Å². The molecule has 1 fully saturated rings. The normalized spacial score (nSPS) is 15.8. The van der Waals surface area contributed by atoms with Crippen molar-refractivity contribution in [1.29, 1.82) is 0 Å². The van der Waals surface area contributed by atoms with Crippen LogP contribution in [0.4, 0.5) is 0 Å². The van der Waals surface area contributed by atoms with Gasteiger partial charge < -0.3 is 10.5 Å². The molecule has 1 aromatic carbocycles. The van der Waals surface area contributed by atoms with Crippen LogP contribution in [0.1, 0.15) is 18.8 Å². The molecular formula is C16H24Cl3N5OS. The summed E-state index contributed by atoms with van der Waals surface area (Å²) in [5.74, 6) is 1.68. The molecule has 0 amide bonds. The Bertz CT molecular complexity index is 680. The maximum atomic E-state index is 6.14. The lowest BCUT2D eigenvalue weighted by molar-refractivity contribution is 0.0410. The molecule has 0 saturated carbocycles. The first-order valence-corrected chi connectivity index (χ1v) is 9.41. The van der Waals surface area contributed by atoms with Gasteiger partial charge in [0.05, 0.1) is 24.9 Å². The van der Waals surface area contributed by atoms with Crippen molar-refractivity contribution in [2.75, 3.05) is 38.6 Å². The first-order valence-electron chi connectivity index (χ1n) is 8.05. The molecule has 2 aromatic rings. The van der Waals surface area contributed by atoms with Gasteiger partial charge in [-0.25, -0.2) is 0 Å². The molecular weight excluding hydrogens is 417 g/mol. The summed E-state index contributed by atoms with van der Waals surface area (Å²) in [7, 11) is 0. The third-order valence-corrected chi connectivity index (χ3v) is 5.02. The van der Waals surface area contributed by atoms with Crippen LogP contribution in [0.25, 0.3) is 5.69 Å². The Labute approximate surface area is 175 Å². The van der Waals surface area contributed by atoms with E-state index in [2.05, 4.69) is 15.1 Å². The van der Waals surface area contributed by atoms with E-state index in [-0.39, 0.29) is 30.9 Å². The number of rotatable bonds is 6. The highest BCUT2D eigenvalue weighted by molar-refractivity contribution is 7.99. The molecule has 0 radical (unpaired) electrons. The molecule has 2 heterocycles. The Morgan fingerprint density at radius 1 is 1.27 bits per heavy atom. The fourth-order valence-corrected chi connectivity index (χ4v) is 3.76. The van der Waals surface area contributed by atoms with Gasteiger partial charge in [0.1, 0.15) is 0 Å². The monoisotopic (exact) mass is 439 g/mol. The first kappa shape index (κ1) is 23.5. The van der Waals surface area contributed by atoms with Crippen molar-refractivity contribution < 1.29 is 4.74 Å². The van der Waals surface area contributed by atoms with E-state index in [1.54, 1.807) is 11.8 Å². The second-order valence-electron chi connectivity index (χ2n) is 5.75. The van der Waals surface area contributed by atoms with Gasteiger partial charge in [-0.05, 0) is 25.1 Å². The largest absolute Gasteiger partial charge is 0.379 e. The number of benzene rings is 1. The lowest BCUT2D eigenvalue weighted by atomic mass is 10.3. The quantitative estimate of drug-likeness (QED) is 0.696. The topological polar surface area (TPSA) is 69.2 Å². The van der Waals surface area contributed by atoms with Crippen LogP contribution >= 0.6 is 48.2 Å². The average Bonchev–Trinajstić information content (AvgIpc) is 3.00. The molecule has 3 rings (SSSR count). The molecule has 1 atom stereocenters. The van der Waals surface area contributed by atoms with Gasteiger partial charge in [-0.3, -0.25) is 9.47 Å². The summed E-state index contributed by atoms with van der Waals surface area (Å²) >= 11 is 7.83. The van der Waals surface area contributed by atoms with E-state index in [1.165, 1.54) is 0 Å². The molecule has 0 aliphatic carbocycles. The van der Waals surface area contributed by atoms with Gasteiger partial charge >= 0.3 is 0 Å². The van der Waals surface area contributed by atoms with E-state index in [4.69, 9.17) is 22.1 Å². The number of thioether (sulfide) groups is 1. The first-order chi connectivity index (χ1) is 11.6. The van der Waals surface area contributed by atoms with Crippen molar-refractivity contribution in [3.63, 3.8) is 0 Å². The van der Waals surface area contributed by atoms with Gasteiger partial charge in [-0.15, -0.1) is 35.0 Å². The van der Waals surface area contributed by atoms with Gasteiger partial charge in [-0.1, -0.05) is 29.4 Å².